The summed E-state index contributed by atoms with van der Waals surface area (Å²) in [5.41, 5.74) is 9.75. The predicted molar refractivity (Wildman–Crippen MR) is 266 cm³/mol. The highest BCUT2D eigenvalue weighted by Crippen LogP contribution is 2.43. The van der Waals surface area contributed by atoms with Crippen LogP contribution >= 0.6 is 38.6 Å². The molecule has 0 aliphatic carbocycles. The largest absolute Gasteiger partial charge is 0.375 e. The minimum atomic E-state index is -0.429. The molecule has 0 saturated carbocycles. The molecule has 8 rings (SSSR count). The maximum Gasteiger partial charge on any atom is 0.249 e. The van der Waals surface area contributed by atoms with Gasteiger partial charge in [0.25, 0.3) is 0 Å². The summed E-state index contributed by atoms with van der Waals surface area (Å²) < 4.78 is 27.5. The SMILES string of the molecule is CC(C)(C)ON=O.CC[C@@H]1C(=O)N(C)c2cnc(-c3sc(Br)nc3-c3ccc(F)cc3)nc2N1C(C)C.CC[C@@H]1C(=O)N(C)c2cnc(-c3sc(N)nc3-c3ccc(F)cc3)nc2N1C(C)C. The van der Waals surface area contributed by atoms with E-state index in [0.717, 1.165) is 21.8 Å². The first-order valence-corrected chi connectivity index (χ1v) is 23.9. The lowest BCUT2D eigenvalue weighted by Crippen LogP contribution is -2.54. The summed E-state index contributed by atoms with van der Waals surface area (Å²) in [6.45, 7) is 17.5. The number of anilines is 5. The maximum absolute atomic E-state index is 13.4. The van der Waals surface area contributed by atoms with Crippen molar-refractivity contribution in [2.24, 2.45) is 5.34 Å². The Morgan fingerprint density at radius 1 is 0.716 bits per heavy atom. The maximum atomic E-state index is 13.4. The third kappa shape index (κ3) is 10.9. The number of nitrogen functional groups attached to an aromatic ring is 1. The van der Waals surface area contributed by atoms with Crippen LogP contribution < -0.4 is 25.3 Å². The lowest BCUT2D eigenvalue weighted by molar-refractivity contribution is -0.120. The monoisotopic (exact) mass is 1020 g/mol. The summed E-state index contributed by atoms with van der Waals surface area (Å²) in [7, 11) is 3.51. The number of thiazole rings is 2. The molecule has 67 heavy (non-hydrogen) atoms. The van der Waals surface area contributed by atoms with E-state index in [1.807, 2.05) is 32.6 Å². The lowest BCUT2D eigenvalue weighted by Gasteiger charge is -2.42. The van der Waals surface area contributed by atoms with Crippen LogP contribution in [0.1, 0.15) is 75.2 Å². The van der Waals surface area contributed by atoms with Gasteiger partial charge in [-0.1, -0.05) is 25.2 Å². The average Bonchev–Trinajstić information content (AvgIpc) is 3.88. The Kier molecular flexibility index (Phi) is 15.7. The molecule has 6 aromatic rings. The zero-order chi connectivity index (χ0) is 49.1. The first kappa shape index (κ1) is 50.4. The van der Waals surface area contributed by atoms with Crippen molar-refractivity contribution in [2.75, 3.05) is 39.4 Å². The van der Waals surface area contributed by atoms with Crippen LogP contribution in [0, 0.1) is 16.5 Å². The number of carbonyl (C=O) groups is 2. The van der Waals surface area contributed by atoms with Crippen LogP contribution in [0.2, 0.25) is 0 Å². The van der Waals surface area contributed by atoms with E-state index in [4.69, 9.17) is 15.7 Å². The first-order valence-electron chi connectivity index (χ1n) is 21.5. The van der Waals surface area contributed by atoms with E-state index in [1.54, 1.807) is 81.3 Å². The highest BCUT2D eigenvalue weighted by Gasteiger charge is 2.40. The van der Waals surface area contributed by atoms with Gasteiger partial charge >= 0.3 is 0 Å². The van der Waals surface area contributed by atoms with E-state index in [9.17, 15) is 23.3 Å². The molecule has 2 atom stereocenters. The topological polar surface area (TPSA) is 189 Å². The second kappa shape index (κ2) is 20.8. The Balaban J connectivity index is 0.000000194. The van der Waals surface area contributed by atoms with Crippen LogP contribution in [0.15, 0.2) is 70.2 Å². The van der Waals surface area contributed by atoms with Crippen molar-refractivity contribution in [1.29, 1.82) is 0 Å². The fourth-order valence-corrected chi connectivity index (χ4v) is 9.84. The number of amides is 2. The van der Waals surface area contributed by atoms with Crippen molar-refractivity contribution in [3.8, 4) is 43.9 Å². The van der Waals surface area contributed by atoms with E-state index in [2.05, 4.69) is 64.8 Å². The first-order chi connectivity index (χ1) is 31.7. The number of halogens is 3. The second-order valence-corrected chi connectivity index (χ2v) is 20.4. The Morgan fingerprint density at radius 2 is 1.12 bits per heavy atom. The Hall–Kier alpha value is -6.06. The molecule has 2 N–H and O–H groups in total. The molecule has 4 aromatic heterocycles. The number of carbonyl (C=O) groups excluding carboxylic acids is 2. The molecule has 2 aliphatic heterocycles. The van der Waals surface area contributed by atoms with Gasteiger partial charge in [-0.15, -0.1) is 16.2 Å². The summed E-state index contributed by atoms with van der Waals surface area (Å²) >= 11 is 6.16. The van der Waals surface area contributed by atoms with Gasteiger partial charge in [-0.3, -0.25) is 9.59 Å². The van der Waals surface area contributed by atoms with Crippen molar-refractivity contribution >= 4 is 78.6 Å². The van der Waals surface area contributed by atoms with Gasteiger partial charge in [0.1, 0.15) is 50.4 Å². The summed E-state index contributed by atoms with van der Waals surface area (Å²) in [6.07, 6.45) is 4.72. The number of aromatic nitrogens is 6. The zero-order valence-corrected chi connectivity index (χ0v) is 42.3. The fourth-order valence-electron chi connectivity index (χ4n) is 7.63. The molecule has 2 aromatic carbocycles. The Labute approximate surface area is 404 Å². The molecule has 0 unspecified atom stereocenters. The van der Waals surface area contributed by atoms with Crippen molar-refractivity contribution in [3.63, 3.8) is 0 Å². The molecule has 21 heteroatoms. The Bertz CT molecular complexity index is 2560. The molecule has 0 saturated heterocycles. The molecule has 0 spiro atoms. The molecule has 0 bridgehead atoms. The van der Waals surface area contributed by atoms with Gasteiger partial charge in [-0.2, -0.15) is 0 Å². The highest BCUT2D eigenvalue weighted by molar-refractivity contribution is 9.11. The smallest absolute Gasteiger partial charge is 0.249 e. The Morgan fingerprint density at radius 3 is 1.48 bits per heavy atom. The van der Waals surface area contributed by atoms with Crippen LogP contribution in [0.4, 0.5) is 36.9 Å². The van der Waals surface area contributed by atoms with Crippen LogP contribution in [-0.4, -0.2) is 85.6 Å². The molecule has 2 aliphatic rings. The van der Waals surface area contributed by atoms with E-state index < -0.39 is 5.60 Å². The second-order valence-electron chi connectivity index (χ2n) is 17.1. The molecule has 2 amide bonds. The van der Waals surface area contributed by atoms with Gasteiger partial charge in [0.15, 0.2) is 37.7 Å². The summed E-state index contributed by atoms with van der Waals surface area (Å²) in [4.78, 5) is 76.0. The average molecular weight is 1020 g/mol. The number of fused-ring (bicyclic) bond motifs is 2. The van der Waals surface area contributed by atoms with Crippen LogP contribution in [0.5, 0.6) is 0 Å². The summed E-state index contributed by atoms with van der Waals surface area (Å²) in [6, 6.07) is 11.9. The lowest BCUT2D eigenvalue weighted by atomic mass is 10.1. The van der Waals surface area contributed by atoms with Crippen LogP contribution in [0.25, 0.3) is 43.9 Å². The quantitative estimate of drug-likeness (QED) is 0.106. The number of nitrogens with two attached hydrogens (primary N) is 1. The normalized spacial score (nSPS) is 15.8. The van der Waals surface area contributed by atoms with Gasteiger partial charge in [-0.05, 0) is 126 Å². The minimum absolute atomic E-state index is 0.0316. The number of benzene rings is 2. The van der Waals surface area contributed by atoms with E-state index in [-0.39, 0.29) is 47.6 Å². The van der Waals surface area contributed by atoms with Crippen LogP contribution in [-0.2, 0) is 14.4 Å². The fraction of sp³-hybridized carbons (Fsp3) is 0.391. The highest BCUT2D eigenvalue weighted by atomic mass is 79.9. The third-order valence-electron chi connectivity index (χ3n) is 10.7. The number of nitrogens with zero attached hydrogens (tertiary/aromatic N) is 11. The number of rotatable bonds is 9. The van der Waals surface area contributed by atoms with E-state index in [1.165, 1.54) is 46.9 Å². The van der Waals surface area contributed by atoms with Crippen LogP contribution in [0.3, 0.4) is 0 Å². The molecular formula is C46H53BrF2N12O4S2. The van der Waals surface area contributed by atoms with Gasteiger partial charge in [0.05, 0.1) is 23.8 Å². The molecule has 6 heterocycles. The van der Waals surface area contributed by atoms with Gasteiger partial charge in [-0.25, -0.2) is 38.7 Å². The van der Waals surface area contributed by atoms with Crippen molar-refractivity contribution in [2.45, 2.75) is 105 Å². The predicted octanol–water partition coefficient (Wildman–Crippen LogP) is 10.6. The number of hydrogen-bond acceptors (Lipinski definition) is 16. The van der Waals surface area contributed by atoms with Gasteiger partial charge in [0.2, 0.25) is 11.8 Å². The third-order valence-corrected chi connectivity index (χ3v) is 13.1. The van der Waals surface area contributed by atoms with Gasteiger partial charge < -0.3 is 30.2 Å². The molecule has 16 nitrogen and oxygen atoms in total. The minimum Gasteiger partial charge on any atom is -0.375 e. The molecule has 0 radical (unpaired) electrons. The summed E-state index contributed by atoms with van der Waals surface area (Å²) in [5.74, 6) is 1.90. The van der Waals surface area contributed by atoms with Crippen molar-refractivity contribution in [1.82, 2.24) is 29.9 Å². The van der Waals surface area contributed by atoms with E-state index in [0.29, 0.717) is 67.0 Å². The number of hydrogen-bond donors (Lipinski definition) is 1. The number of likely N-dealkylation sites (N-methyl/N-ethyl adjacent to an activating group) is 2. The zero-order valence-electron chi connectivity index (χ0n) is 39.1. The molecule has 0 fully saturated rings. The van der Waals surface area contributed by atoms with E-state index >= 15 is 0 Å². The standard InChI is InChI=1S/C21H21BrFN5OS.C21H23FN6OS.C4H9NO2/c1-5-14-20(29)27(4)15-10-24-18(26-19(15)28(14)11(2)3)17-16(25-21(22)30-17)12-6-8-13(23)9-7-12;1-5-14-20(29)27(4)15-10-24-18(26-19(15)28(14)11(2)3)17-16(25-21(23)30-17)12-6-8-13(22)9-7-12;1-4(2,3)7-5-6/h6-11,14H,5H2,1-4H3;6-11,14H,5H2,1-4H3,(H2,23,25);1-3H3/t2*14-;/m11./s1. The summed E-state index contributed by atoms with van der Waals surface area (Å²) in [5, 5.41) is 2.64. The van der Waals surface area contributed by atoms with Crippen molar-refractivity contribution < 1.29 is 23.2 Å². The molecular weight excluding hydrogens is 967 g/mol. The van der Waals surface area contributed by atoms with Gasteiger partial charge in [0, 0.05) is 37.3 Å². The molecule has 354 valence electrons. The van der Waals surface area contributed by atoms with Crippen molar-refractivity contribution in [3.05, 3.63) is 81.4 Å².